The van der Waals surface area contributed by atoms with Crippen molar-refractivity contribution in [3.63, 3.8) is 0 Å². The second-order valence-corrected chi connectivity index (χ2v) is 18.6. The van der Waals surface area contributed by atoms with Crippen LogP contribution in [-0.2, 0) is 10.8 Å². The molecule has 5 nitrogen and oxygen atoms in total. The number of aromatic amines is 1. The molecule has 0 radical (unpaired) electrons. The van der Waals surface area contributed by atoms with Gasteiger partial charge >= 0.3 is 0 Å². The lowest BCUT2D eigenvalue weighted by Crippen LogP contribution is -2.31. The minimum atomic E-state index is -0.197. The molecule has 0 bridgehead atoms. The van der Waals surface area contributed by atoms with Gasteiger partial charge in [-0.15, -0.1) is 0 Å². The Balaban J connectivity index is 1.19. The monoisotopic (exact) mass is 803 g/mol. The first-order chi connectivity index (χ1) is 30.0. The van der Waals surface area contributed by atoms with Crippen LogP contribution in [-0.4, -0.2) is 19.5 Å². The highest BCUT2D eigenvalue weighted by Crippen LogP contribution is 2.51. The van der Waals surface area contributed by atoms with E-state index < -0.39 is 0 Å². The van der Waals surface area contributed by atoms with Gasteiger partial charge < -0.3 is 4.98 Å². The van der Waals surface area contributed by atoms with Gasteiger partial charge in [0, 0.05) is 55.8 Å². The van der Waals surface area contributed by atoms with Crippen LogP contribution >= 0.6 is 0 Å². The van der Waals surface area contributed by atoms with E-state index in [9.17, 15) is 0 Å². The van der Waals surface area contributed by atoms with Crippen molar-refractivity contribution in [1.29, 1.82) is 0 Å². The third-order valence-electron chi connectivity index (χ3n) is 13.0. The number of aryl methyl sites for hydroxylation is 2. The highest BCUT2D eigenvalue weighted by molar-refractivity contribution is 6.12. The van der Waals surface area contributed by atoms with E-state index in [0.29, 0.717) is 0 Å². The first-order valence-corrected chi connectivity index (χ1v) is 21.7. The number of H-pyrrole nitrogens is 1. The van der Waals surface area contributed by atoms with Gasteiger partial charge in [0.25, 0.3) is 0 Å². The Kier molecular flexibility index (Phi) is 8.46. The lowest BCUT2D eigenvalue weighted by molar-refractivity contribution is 0.590. The number of hydrogen-bond acceptors (Lipinski definition) is 3. The van der Waals surface area contributed by atoms with Gasteiger partial charge in [-0.3, -0.25) is 9.47 Å². The van der Waals surface area contributed by atoms with E-state index in [-0.39, 0.29) is 10.8 Å². The summed E-state index contributed by atoms with van der Waals surface area (Å²) in [4.78, 5) is 17.0. The van der Waals surface area contributed by atoms with Crippen LogP contribution in [0.3, 0.4) is 0 Å². The number of pyridine rings is 1. The summed E-state index contributed by atoms with van der Waals surface area (Å²) in [6.07, 6.45) is 1.91. The van der Waals surface area contributed by atoms with Gasteiger partial charge in [0.2, 0.25) is 0 Å². The molecular weight excluding hydrogens is 755 g/mol. The van der Waals surface area contributed by atoms with Crippen LogP contribution in [0.15, 0.2) is 164 Å². The highest BCUT2D eigenvalue weighted by Gasteiger charge is 2.37. The van der Waals surface area contributed by atoms with Gasteiger partial charge in [0.05, 0.1) is 27.9 Å². The van der Waals surface area contributed by atoms with E-state index in [1.54, 1.807) is 0 Å². The molecular formula is C57H49N5. The van der Waals surface area contributed by atoms with Crippen molar-refractivity contribution in [3.05, 3.63) is 192 Å². The predicted molar refractivity (Wildman–Crippen MR) is 260 cm³/mol. The van der Waals surface area contributed by atoms with Crippen molar-refractivity contribution in [3.8, 4) is 39.3 Å². The van der Waals surface area contributed by atoms with Crippen molar-refractivity contribution < 1.29 is 0 Å². The van der Waals surface area contributed by atoms with Crippen LogP contribution in [0, 0.1) is 13.8 Å². The summed E-state index contributed by atoms with van der Waals surface area (Å²) in [5.41, 5.74) is 19.0. The van der Waals surface area contributed by atoms with Crippen molar-refractivity contribution in [2.75, 3.05) is 4.90 Å². The van der Waals surface area contributed by atoms with Crippen LogP contribution in [0.25, 0.3) is 72.2 Å². The number of anilines is 3. The van der Waals surface area contributed by atoms with Gasteiger partial charge in [-0.05, 0) is 114 Å². The average molecular weight is 804 g/mol. The molecule has 0 unspecified atom stereocenters. The summed E-state index contributed by atoms with van der Waals surface area (Å²) in [6, 6.07) is 57.6. The molecule has 5 heteroatoms. The van der Waals surface area contributed by atoms with Crippen LogP contribution in [0.1, 0.15) is 62.4 Å². The van der Waals surface area contributed by atoms with Gasteiger partial charge in [-0.1, -0.05) is 131 Å². The molecule has 302 valence electrons. The molecule has 11 rings (SSSR count). The molecule has 0 spiro atoms. The van der Waals surface area contributed by atoms with Crippen LogP contribution < -0.4 is 4.90 Å². The summed E-state index contributed by atoms with van der Waals surface area (Å²) < 4.78 is 2.41. The van der Waals surface area contributed by atoms with Crippen molar-refractivity contribution >= 4 is 50.0 Å². The molecule has 7 aromatic carbocycles. The van der Waals surface area contributed by atoms with E-state index in [4.69, 9.17) is 9.97 Å². The molecule has 1 aliphatic rings. The Hall–Kier alpha value is -7.24. The molecule has 0 saturated heterocycles. The molecule has 62 heavy (non-hydrogen) atoms. The number of nitrogens with one attached hydrogen (secondary N) is 1. The van der Waals surface area contributed by atoms with Crippen molar-refractivity contribution in [1.82, 2.24) is 19.5 Å². The predicted octanol–water partition coefficient (Wildman–Crippen LogP) is 15.1. The number of rotatable bonds is 5. The largest absolute Gasteiger partial charge is 0.354 e. The smallest absolute Gasteiger partial charge is 0.147 e. The zero-order valence-corrected chi connectivity index (χ0v) is 36.4. The zero-order chi connectivity index (χ0) is 42.5. The van der Waals surface area contributed by atoms with Gasteiger partial charge in [-0.25, -0.2) is 9.97 Å². The maximum absolute atomic E-state index is 5.77. The molecule has 0 atom stereocenters. The number of benzene rings is 7. The minimum Gasteiger partial charge on any atom is -0.354 e. The Morgan fingerprint density at radius 1 is 0.581 bits per heavy atom. The number of hydrogen-bond donors (Lipinski definition) is 1. The van der Waals surface area contributed by atoms with Crippen LogP contribution in [0.5, 0.6) is 0 Å². The van der Waals surface area contributed by atoms with E-state index in [1.807, 2.05) is 6.20 Å². The highest BCUT2D eigenvalue weighted by atomic mass is 15.2. The summed E-state index contributed by atoms with van der Waals surface area (Å²) >= 11 is 0. The summed E-state index contributed by atoms with van der Waals surface area (Å²) in [7, 11) is 0. The number of para-hydroxylation sites is 2. The molecule has 3 aromatic heterocycles. The lowest BCUT2D eigenvalue weighted by atomic mass is 9.74. The topological polar surface area (TPSA) is 49.7 Å². The minimum absolute atomic E-state index is 0.0358. The Morgan fingerprint density at radius 2 is 1.34 bits per heavy atom. The lowest BCUT2D eigenvalue weighted by Gasteiger charge is -2.41. The standard InChI is InChI=1S/C57H49N5/c1-35-25-27-48-43(30-35)44-31-36(2)32-45(52(44)59-48)54-60-53-41(20-14-24-51(53)62(54)49-28-26-39(56(3,4)5)34-42(49)37-16-9-8-10-17-37)38-18-13-19-40(33-38)61-50-23-12-11-21-46(50)57(6,7)47-22-15-29-58-55(47)61/h8-34,59H,1-7H3. The molecule has 10 aromatic rings. The summed E-state index contributed by atoms with van der Waals surface area (Å²) in [6.45, 7) is 15.8. The number of fused-ring (bicyclic) bond motifs is 6. The fraction of sp³-hybridized carbons (Fsp3) is 0.158. The Bertz CT molecular complexity index is 3350. The molecule has 0 fully saturated rings. The number of aromatic nitrogens is 4. The molecule has 0 saturated carbocycles. The summed E-state index contributed by atoms with van der Waals surface area (Å²) in [5.74, 6) is 1.86. The SMILES string of the molecule is Cc1ccc2[nH]c3c(-c4nc5c(-c6cccc(N7c8ccccc8C(C)(C)c8cccnc87)c6)cccc5n4-c4ccc(C(C)(C)C)cc4-c4ccccc4)cc(C)cc3c2c1. The van der Waals surface area contributed by atoms with E-state index in [2.05, 4.69) is 221 Å². The van der Waals surface area contributed by atoms with Crippen LogP contribution in [0.4, 0.5) is 17.2 Å². The van der Waals surface area contributed by atoms with Crippen LogP contribution in [0.2, 0.25) is 0 Å². The second kappa shape index (κ2) is 13.9. The van der Waals surface area contributed by atoms with Crippen molar-refractivity contribution in [2.45, 2.75) is 59.3 Å². The molecule has 4 heterocycles. The first-order valence-electron chi connectivity index (χ1n) is 21.7. The van der Waals surface area contributed by atoms with Gasteiger partial charge in [0.15, 0.2) is 0 Å². The normalized spacial score (nSPS) is 13.5. The first kappa shape index (κ1) is 37.7. The maximum Gasteiger partial charge on any atom is 0.147 e. The molecule has 1 aliphatic heterocycles. The van der Waals surface area contributed by atoms with Crippen molar-refractivity contribution in [2.24, 2.45) is 0 Å². The van der Waals surface area contributed by atoms with Gasteiger partial charge in [-0.2, -0.15) is 0 Å². The second-order valence-electron chi connectivity index (χ2n) is 18.6. The third-order valence-corrected chi connectivity index (χ3v) is 13.0. The zero-order valence-electron chi connectivity index (χ0n) is 36.4. The average Bonchev–Trinajstić information content (AvgIpc) is 3.84. The van der Waals surface area contributed by atoms with E-state index in [1.165, 1.54) is 49.7 Å². The number of imidazole rings is 1. The molecule has 0 amide bonds. The third kappa shape index (κ3) is 5.90. The summed E-state index contributed by atoms with van der Waals surface area (Å²) in [5, 5.41) is 2.43. The Labute approximate surface area is 363 Å². The maximum atomic E-state index is 5.77. The van der Waals surface area contributed by atoms with Gasteiger partial charge in [0.1, 0.15) is 11.6 Å². The fourth-order valence-electron chi connectivity index (χ4n) is 9.83. The Morgan fingerprint density at radius 3 is 2.18 bits per heavy atom. The quantitative estimate of drug-likeness (QED) is 0.189. The van der Waals surface area contributed by atoms with E-state index >= 15 is 0 Å². The molecule has 0 aliphatic carbocycles. The fourth-order valence-corrected chi connectivity index (χ4v) is 9.83. The number of nitrogens with zero attached hydrogens (tertiary/aromatic N) is 4. The van der Waals surface area contributed by atoms with E-state index in [0.717, 1.165) is 67.5 Å². The molecule has 1 N–H and O–H groups in total.